The lowest BCUT2D eigenvalue weighted by atomic mass is 9.76. The number of carbonyl (C=O) groups excluding carboxylic acids is 2. The van der Waals surface area contributed by atoms with Gasteiger partial charge in [-0.05, 0) is 56.6 Å². The van der Waals surface area contributed by atoms with Gasteiger partial charge in [-0.3, -0.25) is 9.59 Å². The first-order valence-electron chi connectivity index (χ1n) is 12.7. The predicted octanol–water partition coefficient (Wildman–Crippen LogP) is 3.57. The number of carbonyl (C=O) groups is 2. The van der Waals surface area contributed by atoms with Crippen LogP contribution in [0.2, 0.25) is 0 Å². The average Bonchev–Trinajstić information content (AvgIpc) is 3.18. The van der Waals surface area contributed by atoms with Crippen LogP contribution in [0.25, 0.3) is 0 Å². The molecule has 2 fully saturated rings. The fraction of sp³-hybridized carbons (Fsp3) is 0.769. The number of nitrogens with zero attached hydrogens (tertiary/aromatic N) is 2. The molecule has 1 aromatic heterocycles. The molecule has 2 amide bonds. The fourth-order valence-electron chi connectivity index (χ4n) is 5.76. The van der Waals surface area contributed by atoms with Gasteiger partial charge in [-0.1, -0.05) is 13.8 Å². The van der Waals surface area contributed by atoms with Crippen LogP contribution in [0.3, 0.4) is 0 Å². The van der Waals surface area contributed by atoms with Crippen molar-refractivity contribution < 1.29 is 14.3 Å². The van der Waals surface area contributed by atoms with Crippen LogP contribution in [-0.4, -0.2) is 67.5 Å². The third-order valence-electron chi connectivity index (χ3n) is 7.96. The summed E-state index contributed by atoms with van der Waals surface area (Å²) in [6.07, 6.45) is 6.68. The van der Waals surface area contributed by atoms with E-state index in [2.05, 4.69) is 30.1 Å². The largest absolute Gasteiger partial charge is 0.370 e. The smallest absolute Gasteiger partial charge is 0.223 e. The molecule has 0 radical (unpaired) electrons. The summed E-state index contributed by atoms with van der Waals surface area (Å²) in [4.78, 5) is 31.5. The van der Waals surface area contributed by atoms with Gasteiger partial charge in [0.15, 0.2) is 0 Å². The number of ether oxygens (including phenoxy) is 1. The van der Waals surface area contributed by atoms with Gasteiger partial charge < -0.3 is 19.9 Å². The minimum Gasteiger partial charge on any atom is -0.370 e. The van der Waals surface area contributed by atoms with Gasteiger partial charge in [-0.2, -0.15) is 0 Å². The molecule has 1 saturated heterocycles. The molecule has 0 bridgehead atoms. The van der Waals surface area contributed by atoms with Crippen LogP contribution in [0.4, 0.5) is 0 Å². The van der Waals surface area contributed by atoms with Gasteiger partial charge in [0.25, 0.3) is 0 Å². The highest BCUT2D eigenvalue weighted by molar-refractivity contribution is 7.12. The number of rotatable bonds is 7. The summed E-state index contributed by atoms with van der Waals surface area (Å²) < 4.78 is 6.49. The van der Waals surface area contributed by atoms with Crippen molar-refractivity contribution in [1.82, 2.24) is 15.1 Å². The summed E-state index contributed by atoms with van der Waals surface area (Å²) >= 11 is 1.99. The van der Waals surface area contributed by atoms with Crippen molar-refractivity contribution in [2.75, 3.05) is 33.8 Å². The molecule has 1 saturated carbocycles. The number of fused-ring (bicyclic) bond motifs is 2. The van der Waals surface area contributed by atoms with Crippen LogP contribution < -0.4 is 5.32 Å². The molecule has 1 aliphatic carbocycles. The van der Waals surface area contributed by atoms with E-state index in [1.54, 1.807) is 23.9 Å². The molecule has 2 aliphatic heterocycles. The maximum Gasteiger partial charge on any atom is 0.223 e. The zero-order valence-electron chi connectivity index (χ0n) is 21.0. The third-order valence-corrected chi connectivity index (χ3v) is 9.30. The maximum atomic E-state index is 12.4. The summed E-state index contributed by atoms with van der Waals surface area (Å²) in [6, 6.07) is 3.18. The van der Waals surface area contributed by atoms with Crippen LogP contribution in [-0.2, 0) is 32.8 Å². The van der Waals surface area contributed by atoms with E-state index < -0.39 is 0 Å². The summed E-state index contributed by atoms with van der Waals surface area (Å²) in [5.74, 6) is 0.377. The van der Waals surface area contributed by atoms with Crippen molar-refractivity contribution in [3.8, 4) is 0 Å². The van der Waals surface area contributed by atoms with Gasteiger partial charge in [0.05, 0.1) is 12.2 Å². The van der Waals surface area contributed by atoms with E-state index in [4.69, 9.17) is 4.74 Å². The van der Waals surface area contributed by atoms with Crippen molar-refractivity contribution in [3.05, 3.63) is 21.4 Å². The van der Waals surface area contributed by atoms with E-state index in [0.29, 0.717) is 12.0 Å². The van der Waals surface area contributed by atoms with Crippen molar-refractivity contribution in [2.24, 2.45) is 11.8 Å². The Morgan fingerprint density at radius 2 is 2.12 bits per heavy atom. The van der Waals surface area contributed by atoms with Gasteiger partial charge in [0.1, 0.15) is 0 Å². The predicted molar refractivity (Wildman–Crippen MR) is 132 cm³/mol. The number of amides is 2. The van der Waals surface area contributed by atoms with Crippen LogP contribution in [0, 0.1) is 11.8 Å². The molecule has 1 unspecified atom stereocenters. The van der Waals surface area contributed by atoms with E-state index in [-0.39, 0.29) is 35.8 Å². The Hall–Kier alpha value is -1.44. The minimum atomic E-state index is -0.275. The topological polar surface area (TPSA) is 61.9 Å². The van der Waals surface area contributed by atoms with E-state index in [1.165, 1.54) is 10.4 Å². The number of hydrogen-bond donors (Lipinski definition) is 1. The Morgan fingerprint density at radius 1 is 1.36 bits per heavy atom. The summed E-state index contributed by atoms with van der Waals surface area (Å²) in [5, 5.41) is 3.16. The molecule has 4 rings (SSSR count). The van der Waals surface area contributed by atoms with Crippen LogP contribution in [0.15, 0.2) is 6.07 Å². The summed E-state index contributed by atoms with van der Waals surface area (Å²) in [5.41, 5.74) is 1.40. The number of aryl methyl sites for hydroxylation is 1. The number of piperidine rings is 1. The summed E-state index contributed by atoms with van der Waals surface area (Å²) in [6.45, 7) is 9.48. The SMILES string of the molecule is CCc1cc2c(s1)CCO[C@@]21CCN(CC2CC(NC(=O)C(C)CC(=O)N(C)C)C2)[C@@H](C)C1. The zero-order chi connectivity index (χ0) is 23.8. The highest BCUT2D eigenvalue weighted by atomic mass is 32.1. The second kappa shape index (κ2) is 10.0. The molecule has 3 heterocycles. The van der Waals surface area contributed by atoms with Gasteiger partial charge in [-0.25, -0.2) is 0 Å². The van der Waals surface area contributed by atoms with E-state index in [0.717, 1.165) is 58.2 Å². The zero-order valence-corrected chi connectivity index (χ0v) is 21.8. The monoisotopic (exact) mass is 475 g/mol. The highest BCUT2D eigenvalue weighted by Crippen LogP contribution is 2.46. The molecular formula is C26H41N3O3S. The van der Waals surface area contributed by atoms with Crippen LogP contribution >= 0.6 is 11.3 Å². The lowest BCUT2D eigenvalue weighted by Crippen LogP contribution is -2.54. The third kappa shape index (κ3) is 5.30. The van der Waals surface area contributed by atoms with Gasteiger partial charge in [0.2, 0.25) is 11.8 Å². The Morgan fingerprint density at radius 3 is 2.79 bits per heavy atom. The Labute approximate surface area is 203 Å². The highest BCUT2D eigenvalue weighted by Gasteiger charge is 2.45. The van der Waals surface area contributed by atoms with Crippen molar-refractivity contribution in [2.45, 2.75) is 83.4 Å². The van der Waals surface area contributed by atoms with E-state index >= 15 is 0 Å². The number of hydrogen-bond acceptors (Lipinski definition) is 5. The quantitative estimate of drug-likeness (QED) is 0.655. The molecule has 33 heavy (non-hydrogen) atoms. The molecule has 3 atom stereocenters. The molecule has 3 aliphatic rings. The molecule has 6 nitrogen and oxygen atoms in total. The first-order valence-corrected chi connectivity index (χ1v) is 13.5. The second-order valence-electron chi connectivity index (χ2n) is 10.7. The fourth-order valence-corrected chi connectivity index (χ4v) is 6.94. The van der Waals surface area contributed by atoms with E-state index in [9.17, 15) is 9.59 Å². The molecular weight excluding hydrogens is 434 g/mol. The van der Waals surface area contributed by atoms with Crippen molar-refractivity contribution in [3.63, 3.8) is 0 Å². The Balaban J connectivity index is 1.24. The Kier molecular flexibility index (Phi) is 7.51. The standard InChI is InChI=1S/C26H41N3O3S/c1-6-21-14-22-23(33-21)7-10-32-26(22)8-9-29(18(3)15-26)16-19-12-20(13-19)27-25(31)17(2)11-24(30)28(4)5/h14,17-20H,6-13,15-16H2,1-5H3,(H,27,31)/t17?,18-,19?,20?,26+/m0/s1. The van der Waals surface area contributed by atoms with Crippen LogP contribution in [0.1, 0.15) is 68.2 Å². The molecule has 7 heteroatoms. The number of thiophene rings is 1. The van der Waals surface area contributed by atoms with Crippen molar-refractivity contribution >= 4 is 23.2 Å². The minimum absolute atomic E-state index is 0.00318. The molecule has 184 valence electrons. The first kappa shape index (κ1) is 24.7. The maximum absolute atomic E-state index is 12.4. The molecule has 1 N–H and O–H groups in total. The lowest BCUT2D eigenvalue weighted by molar-refractivity contribution is -0.134. The van der Waals surface area contributed by atoms with Gasteiger partial charge in [-0.15, -0.1) is 11.3 Å². The van der Waals surface area contributed by atoms with Gasteiger partial charge in [0, 0.05) is 67.8 Å². The molecule has 1 aromatic rings. The number of likely N-dealkylation sites (tertiary alicyclic amines) is 1. The average molecular weight is 476 g/mol. The lowest BCUT2D eigenvalue weighted by Gasteiger charge is -2.49. The Bertz CT molecular complexity index is 863. The van der Waals surface area contributed by atoms with E-state index in [1.807, 2.05) is 18.3 Å². The second-order valence-corrected chi connectivity index (χ2v) is 12.0. The van der Waals surface area contributed by atoms with Crippen molar-refractivity contribution in [1.29, 1.82) is 0 Å². The first-order chi connectivity index (χ1) is 15.7. The normalized spacial score (nSPS) is 30.4. The van der Waals surface area contributed by atoms with Crippen LogP contribution in [0.5, 0.6) is 0 Å². The molecule has 1 spiro atoms. The number of nitrogens with one attached hydrogen (secondary N) is 1. The van der Waals surface area contributed by atoms with Gasteiger partial charge >= 0.3 is 0 Å². The summed E-state index contributed by atoms with van der Waals surface area (Å²) in [7, 11) is 3.46. The molecule has 0 aromatic carbocycles.